The van der Waals surface area contributed by atoms with Crippen LogP contribution in [0.3, 0.4) is 0 Å². The first-order chi connectivity index (χ1) is 7.81. The highest BCUT2D eigenvalue weighted by molar-refractivity contribution is 7.98. The van der Waals surface area contributed by atoms with Gasteiger partial charge in [0.1, 0.15) is 12.2 Å². The molecule has 0 aliphatic rings. The molecule has 0 radical (unpaired) electrons. The first-order valence-corrected chi connectivity index (χ1v) is 5.71. The van der Waals surface area contributed by atoms with Gasteiger partial charge < -0.3 is 10.3 Å². The molecule has 0 amide bonds. The van der Waals surface area contributed by atoms with Crippen LogP contribution in [0.25, 0.3) is 0 Å². The summed E-state index contributed by atoms with van der Waals surface area (Å²) in [6.45, 7) is 1.14. The molecule has 0 saturated heterocycles. The van der Waals surface area contributed by atoms with Gasteiger partial charge in [-0.15, -0.1) is 15.3 Å². The molecule has 0 atom stereocenters. The summed E-state index contributed by atoms with van der Waals surface area (Å²) in [5.41, 5.74) is 5.45. The lowest BCUT2D eigenvalue weighted by Crippen LogP contribution is -2.12. The van der Waals surface area contributed by atoms with Crippen molar-refractivity contribution in [1.82, 2.24) is 35.0 Å². The van der Waals surface area contributed by atoms with E-state index in [1.54, 1.807) is 11.0 Å². The molecule has 0 aromatic carbocycles. The fourth-order valence-corrected chi connectivity index (χ4v) is 2.02. The number of aromatic nitrogens is 7. The molecule has 0 aliphatic carbocycles. The lowest BCUT2D eigenvalue weighted by molar-refractivity contribution is 0.556. The number of rotatable bonds is 5. The van der Waals surface area contributed by atoms with Gasteiger partial charge in [-0.25, -0.2) is 4.68 Å². The summed E-state index contributed by atoms with van der Waals surface area (Å²) in [7, 11) is 1.90. The molecule has 0 unspecified atom stereocenters. The second-order valence-electron chi connectivity index (χ2n) is 3.12. The van der Waals surface area contributed by atoms with Crippen molar-refractivity contribution < 1.29 is 0 Å². The van der Waals surface area contributed by atoms with Crippen molar-refractivity contribution in [3.8, 4) is 0 Å². The molecule has 2 N–H and O–H groups in total. The largest absolute Gasteiger partial charge is 0.329 e. The Morgan fingerprint density at radius 2 is 2.31 bits per heavy atom. The molecule has 0 aliphatic heterocycles. The van der Waals surface area contributed by atoms with Crippen molar-refractivity contribution >= 4 is 11.8 Å². The molecule has 9 heteroatoms. The maximum Gasteiger partial charge on any atom is 0.209 e. The van der Waals surface area contributed by atoms with E-state index in [4.69, 9.17) is 5.73 Å². The highest BCUT2D eigenvalue weighted by Crippen LogP contribution is 2.17. The summed E-state index contributed by atoms with van der Waals surface area (Å²) in [4.78, 5) is 0. The summed E-state index contributed by atoms with van der Waals surface area (Å²) >= 11 is 1.51. The zero-order chi connectivity index (χ0) is 11.4. The molecule has 2 rings (SSSR count). The van der Waals surface area contributed by atoms with Crippen LogP contribution in [0.15, 0.2) is 11.5 Å². The van der Waals surface area contributed by atoms with E-state index in [9.17, 15) is 0 Å². The molecule has 0 bridgehead atoms. The summed E-state index contributed by atoms with van der Waals surface area (Å²) in [6, 6.07) is 0. The molecule has 2 aromatic heterocycles. The molecule has 2 heterocycles. The van der Waals surface area contributed by atoms with E-state index in [2.05, 4.69) is 25.7 Å². The van der Waals surface area contributed by atoms with Gasteiger partial charge in [-0.1, -0.05) is 11.8 Å². The van der Waals surface area contributed by atoms with Crippen molar-refractivity contribution in [2.24, 2.45) is 12.8 Å². The van der Waals surface area contributed by atoms with Crippen LogP contribution in [-0.2, 0) is 19.3 Å². The Kier molecular flexibility index (Phi) is 3.47. The topological polar surface area (TPSA) is 100 Å². The fraction of sp³-hybridized carbons (Fsp3) is 0.571. The van der Waals surface area contributed by atoms with Crippen molar-refractivity contribution in [2.75, 3.05) is 6.54 Å². The Morgan fingerprint density at radius 3 is 3.00 bits per heavy atom. The summed E-state index contributed by atoms with van der Waals surface area (Å²) in [6.07, 6.45) is 1.67. The van der Waals surface area contributed by atoms with Crippen LogP contribution in [-0.4, -0.2) is 41.5 Å². The zero-order valence-electron chi connectivity index (χ0n) is 8.81. The fourth-order valence-electron chi connectivity index (χ4n) is 1.13. The number of hydrogen-bond donors (Lipinski definition) is 1. The van der Waals surface area contributed by atoms with Gasteiger partial charge in [-0.05, 0) is 10.4 Å². The van der Waals surface area contributed by atoms with Crippen molar-refractivity contribution in [3.05, 3.63) is 12.2 Å². The van der Waals surface area contributed by atoms with Crippen LogP contribution in [0, 0.1) is 0 Å². The maximum atomic E-state index is 5.45. The second kappa shape index (κ2) is 5.03. The molecule has 0 spiro atoms. The van der Waals surface area contributed by atoms with Gasteiger partial charge in [0.15, 0.2) is 0 Å². The van der Waals surface area contributed by atoms with Gasteiger partial charge in [0.05, 0.1) is 12.3 Å². The van der Waals surface area contributed by atoms with Gasteiger partial charge in [-0.3, -0.25) is 0 Å². The van der Waals surface area contributed by atoms with Crippen LogP contribution < -0.4 is 5.73 Å². The molecule has 16 heavy (non-hydrogen) atoms. The van der Waals surface area contributed by atoms with Crippen LogP contribution in [0.5, 0.6) is 0 Å². The van der Waals surface area contributed by atoms with Gasteiger partial charge in [0.25, 0.3) is 0 Å². The van der Waals surface area contributed by atoms with Gasteiger partial charge in [0.2, 0.25) is 5.16 Å². The molecule has 8 nitrogen and oxygen atoms in total. The third-order valence-electron chi connectivity index (χ3n) is 1.98. The Hall–Kier alpha value is -1.48. The Labute approximate surface area is 96.2 Å². The predicted octanol–water partition coefficient (Wildman–Crippen LogP) is -0.947. The number of hydrogen-bond acceptors (Lipinski definition) is 7. The van der Waals surface area contributed by atoms with E-state index in [0.29, 0.717) is 18.8 Å². The van der Waals surface area contributed by atoms with Crippen molar-refractivity contribution in [2.45, 2.75) is 17.5 Å². The van der Waals surface area contributed by atoms with Gasteiger partial charge >= 0.3 is 0 Å². The van der Waals surface area contributed by atoms with Gasteiger partial charge in [0, 0.05) is 13.6 Å². The predicted molar refractivity (Wildman–Crippen MR) is 57.4 cm³/mol. The standard InChI is InChI=1S/C7H12N8S/c1-14-5-9-10-6(14)4-16-7-11-12-13-15(7)3-2-8/h5H,2-4,8H2,1H3. The van der Waals surface area contributed by atoms with Crippen LogP contribution in [0.4, 0.5) is 0 Å². The van der Waals surface area contributed by atoms with E-state index in [1.165, 1.54) is 11.8 Å². The molecular formula is C7H12N8S. The molecule has 86 valence electrons. The quantitative estimate of drug-likeness (QED) is 0.672. The number of nitrogens with zero attached hydrogens (tertiary/aromatic N) is 7. The molecule has 2 aromatic rings. The monoisotopic (exact) mass is 240 g/mol. The first kappa shape index (κ1) is 11.0. The van der Waals surface area contributed by atoms with Gasteiger partial charge in [-0.2, -0.15) is 0 Å². The number of tetrazole rings is 1. The highest BCUT2D eigenvalue weighted by Gasteiger charge is 2.08. The van der Waals surface area contributed by atoms with E-state index >= 15 is 0 Å². The zero-order valence-corrected chi connectivity index (χ0v) is 9.63. The van der Waals surface area contributed by atoms with Crippen LogP contribution in [0.2, 0.25) is 0 Å². The number of aryl methyl sites for hydroxylation is 1. The van der Waals surface area contributed by atoms with Crippen molar-refractivity contribution in [3.63, 3.8) is 0 Å². The smallest absolute Gasteiger partial charge is 0.209 e. The maximum absolute atomic E-state index is 5.45. The number of thioether (sulfide) groups is 1. The highest BCUT2D eigenvalue weighted by atomic mass is 32.2. The Morgan fingerprint density at radius 1 is 1.44 bits per heavy atom. The second-order valence-corrected chi connectivity index (χ2v) is 4.06. The lowest BCUT2D eigenvalue weighted by Gasteiger charge is -2.01. The summed E-state index contributed by atoms with van der Waals surface area (Å²) in [5.74, 6) is 1.56. The van der Waals surface area contributed by atoms with E-state index in [-0.39, 0.29) is 0 Å². The van der Waals surface area contributed by atoms with Crippen LogP contribution >= 0.6 is 11.8 Å². The Balaban J connectivity index is 1.99. The summed E-state index contributed by atoms with van der Waals surface area (Å²) < 4.78 is 3.55. The minimum atomic E-state index is 0.516. The SMILES string of the molecule is Cn1cnnc1CSc1nnnn1CCN. The normalized spacial score (nSPS) is 10.9. The van der Waals surface area contributed by atoms with E-state index < -0.39 is 0 Å². The minimum absolute atomic E-state index is 0.516. The molecular weight excluding hydrogens is 228 g/mol. The third-order valence-corrected chi connectivity index (χ3v) is 2.93. The summed E-state index contributed by atoms with van der Waals surface area (Å²) in [5, 5.41) is 19.9. The van der Waals surface area contributed by atoms with Crippen molar-refractivity contribution in [1.29, 1.82) is 0 Å². The minimum Gasteiger partial charge on any atom is -0.329 e. The first-order valence-electron chi connectivity index (χ1n) is 4.73. The molecule has 0 saturated carbocycles. The average molecular weight is 240 g/mol. The van der Waals surface area contributed by atoms with Crippen LogP contribution in [0.1, 0.15) is 5.82 Å². The molecule has 0 fully saturated rings. The number of nitrogens with two attached hydrogens (primary N) is 1. The van der Waals surface area contributed by atoms with E-state index in [1.807, 2.05) is 11.6 Å². The third kappa shape index (κ3) is 2.36. The Bertz CT molecular complexity index is 449. The average Bonchev–Trinajstić information content (AvgIpc) is 2.86. The van der Waals surface area contributed by atoms with E-state index in [0.717, 1.165) is 11.0 Å². The lowest BCUT2D eigenvalue weighted by atomic mass is 10.7.